The fourth-order valence-electron chi connectivity index (χ4n) is 3.71. The summed E-state index contributed by atoms with van der Waals surface area (Å²) in [6.07, 6.45) is -0.852. The summed E-state index contributed by atoms with van der Waals surface area (Å²) >= 11 is 1.64. The molecule has 0 spiro atoms. The van der Waals surface area contributed by atoms with Crippen LogP contribution in [0.1, 0.15) is 51.9 Å². The molecule has 2 amide bonds. The van der Waals surface area contributed by atoms with Crippen molar-refractivity contribution in [1.82, 2.24) is 10.2 Å². The van der Waals surface area contributed by atoms with Gasteiger partial charge in [-0.1, -0.05) is 30.3 Å². The summed E-state index contributed by atoms with van der Waals surface area (Å²) in [5.74, 6) is 1.18. The van der Waals surface area contributed by atoms with Gasteiger partial charge in [-0.25, -0.2) is 4.79 Å². The van der Waals surface area contributed by atoms with Gasteiger partial charge in [0.2, 0.25) is 0 Å². The number of nitrogens with one attached hydrogen (secondary N) is 1. The number of para-hydroxylation sites is 1. The zero-order valence-corrected chi connectivity index (χ0v) is 21.1. The van der Waals surface area contributed by atoms with E-state index in [1.807, 2.05) is 84.0 Å². The first-order valence-corrected chi connectivity index (χ1v) is 12.2. The maximum absolute atomic E-state index is 13.3. The maximum atomic E-state index is 13.3. The van der Waals surface area contributed by atoms with Crippen molar-refractivity contribution >= 4 is 23.8 Å². The van der Waals surface area contributed by atoms with Crippen molar-refractivity contribution in [2.45, 2.75) is 69.7 Å². The Balaban J connectivity index is 1.91. The highest BCUT2D eigenvalue weighted by atomic mass is 32.2. The van der Waals surface area contributed by atoms with Crippen molar-refractivity contribution in [2.24, 2.45) is 0 Å². The third-order valence-corrected chi connectivity index (χ3v) is 6.27. The molecule has 1 aliphatic heterocycles. The first kappa shape index (κ1) is 25.0. The Hall–Kier alpha value is -2.67. The summed E-state index contributed by atoms with van der Waals surface area (Å²) in [6.45, 7) is 11.8. The first-order valence-electron chi connectivity index (χ1n) is 11.2. The number of rotatable bonds is 4. The Morgan fingerprint density at radius 1 is 1.03 bits per heavy atom. The summed E-state index contributed by atoms with van der Waals surface area (Å²) in [5, 5.41) is 3.00. The molecule has 0 saturated carbocycles. The summed E-state index contributed by atoms with van der Waals surface area (Å²) in [6, 6.07) is 16.6. The molecule has 6 nitrogen and oxygen atoms in total. The lowest BCUT2D eigenvalue weighted by Crippen LogP contribution is -2.60. The number of carbonyl (C=O) groups is 2. The molecule has 1 aliphatic rings. The van der Waals surface area contributed by atoms with Crippen LogP contribution >= 0.6 is 11.8 Å². The SMILES string of the molecule is CC(C)(C)OC(=O)N([C@H]1CSc2ccccc2OC1CNC(=O)c1ccccc1)C(C)(C)C. The molecule has 0 radical (unpaired) electrons. The smallest absolute Gasteiger partial charge is 0.411 e. The van der Waals surface area contributed by atoms with Gasteiger partial charge in [-0.05, 0) is 65.8 Å². The second-order valence-electron chi connectivity index (χ2n) is 10.1. The normalized spacial score (nSPS) is 18.4. The number of hydrogen-bond acceptors (Lipinski definition) is 5. The van der Waals surface area contributed by atoms with Gasteiger partial charge in [-0.3, -0.25) is 9.69 Å². The Labute approximate surface area is 201 Å². The average Bonchev–Trinajstić information content (AvgIpc) is 2.90. The minimum atomic E-state index is -0.626. The molecule has 33 heavy (non-hydrogen) atoms. The van der Waals surface area contributed by atoms with Gasteiger partial charge in [0.25, 0.3) is 5.91 Å². The molecule has 1 unspecified atom stereocenters. The van der Waals surface area contributed by atoms with Gasteiger partial charge in [-0.15, -0.1) is 11.8 Å². The quantitative estimate of drug-likeness (QED) is 0.650. The molecule has 2 aromatic rings. The van der Waals surface area contributed by atoms with Crippen LogP contribution in [0.25, 0.3) is 0 Å². The van der Waals surface area contributed by atoms with Crippen LogP contribution in [0.2, 0.25) is 0 Å². The number of amides is 2. The van der Waals surface area contributed by atoms with Crippen LogP contribution in [0, 0.1) is 0 Å². The molecule has 1 heterocycles. The van der Waals surface area contributed by atoms with Crippen LogP contribution in [0.3, 0.4) is 0 Å². The van der Waals surface area contributed by atoms with Crippen molar-refractivity contribution < 1.29 is 19.1 Å². The van der Waals surface area contributed by atoms with Gasteiger partial charge in [0.1, 0.15) is 17.5 Å². The second-order valence-corrected chi connectivity index (χ2v) is 11.1. The molecule has 1 N–H and O–H groups in total. The second kappa shape index (κ2) is 10.1. The third-order valence-electron chi connectivity index (χ3n) is 5.11. The van der Waals surface area contributed by atoms with E-state index in [2.05, 4.69) is 5.32 Å². The molecule has 0 aliphatic carbocycles. The van der Waals surface area contributed by atoms with Crippen molar-refractivity contribution in [3.05, 3.63) is 60.2 Å². The van der Waals surface area contributed by atoms with Crippen LogP contribution in [0.5, 0.6) is 5.75 Å². The van der Waals surface area contributed by atoms with E-state index in [1.54, 1.807) is 28.8 Å². The minimum Gasteiger partial charge on any atom is -0.485 e. The number of ether oxygens (including phenoxy) is 2. The predicted octanol–water partition coefficient (Wildman–Crippen LogP) is 5.37. The minimum absolute atomic E-state index is 0.178. The Morgan fingerprint density at radius 2 is 1.67 bits per heavy atom. The fourth-order valence-corrected chi connectivity index (χ4v) is 4.86. The summed E-state index contributed by atoms with van der Waals surface area (Å²) < 4.78 is 12.2. The van der Waals surface area contributed by atoms with Gasteiger partial charge >= 0.3 is 6.09 Å². The summed E-state index contributed by atoms with van der Waals surface area (Å²) in [7, 11) is 0. The zero-order valence-electron chi connectivity index (χ0n) is 20.3. The molecule has 0 saturated heterocycles. The van der Waals surface area contributed by atoms with Crippen LogP contribution < -0.4 is 10.1 Å². The number of nitrogens with zero attached hydrogens (tertiary/aromatic N) is 1. The van der Waals surface area contributed by atoms with Crippen molar-refractivity contribution in [3.63, 3.8) is 0 Å². The third kappa shape index (κ3) is 6.67. The van der Waals surface area contributed by atoms with E-state index in [9.17, 15) is 9.59 Å². The maximum Gasteiger partial charge on any atom is 0.411 e. The summed E-state index contributed by atoms with van der Waals surface area (Å²) in [5.41, 5.74) is -0.564. The lowest BCUT2D eigenvalue weighted by atomic mass is 10.0. The molecular weight excluding hydrogens is 436 g/mol. The molecule has 3 rings (SSSR count). The fraction of sp³-hybridized carbons (Fsp3) is 0.462. The molecule has 0 aromatic heterocycles. The molecule has 0 fully saturated rings. The zero-order chi connectivity index (χ0) is 24.2. The number of benzene rings is 2. The van der Waals surface area contributed by atoms with Gasteiger partial charge in [0.05, 0.1) is 12.6 Å². The van der Waals surface area contributed by atoms with Crippen molar-refractivity contribution in [3.8, 4) is 5.75 Å². The number of thioether (sulfide) groups is 1. The highest BCUT2D eigenvalue weighted by molar-refractivity contribution is 7.99. The average molecular weight is 471 g/mol. The monoisotopic (exact) mass is 470 g/mol. The topological polar surface area (TPSA) is 67.9 Å². The molecule has 0 bridgehead atoms. The van der Waals surface area contributed by atoms with E-state index in [-0.39, 0.29) is 18.5 Å². The lowest BCUT2D eigenvalue weighted by molar-refractivity contribution is -0.0230. The largest absolute Gasteiger partial charge is 0.485 e. The standard InChI is InChI=1S/C26H34N2O4S/c1-25(2,3)28(24(30)32-26(4,5)6)19-17-33-22-15-11-10-14-20(22)31-21(19)16-27-23(29)18-12-8-7-9-13-18/h7-15,19,21H,16-17H2,1-6H3,(H,27,29)/t19-,21?/m0/s1. The molecule has 2 aromatic carbocycles. The lowest BCUT2D eigenvalue weighted by Gasteiger charge is -2.44. The molecule has 7 heteroatoms. The number of carbonyl (C=O) groups excluding carboxylic acids is 2. The highest BCUT2D eigenvalue weighted by Gasteiger charge is 2.42. The van der Waals surface area contributed by atoms with E-state index >= 15 is 0 Å². The van der Waals surface area contributed by atoms with Crippen molar-refractivity contribution in [2.75, 3.05) is 12.3 Å². The molecular formula is C26H34N2O4S. The molecule has 2 atom stereocenters. The predicted molar refractivity (Wildman–Crippen MR) is 132 cm³/mol. The van der Waals surface area contributed by atoms with E-state index in [0.717, 1.165) is 10.6 Å². The Kier molecular flexibility index (Phi) is 7.62. The van der Waals surface area contributed by atoms with Gasteiger partial charge in [-0.2, -0.15) is 0 Å². The van der Waals surface area contributed by atoms with E-state index < -0.39 is 23.3 Å². The van der Waals surface area contributed by atoms with Gasteiger partial charge < -0.3 is 14.8 Å². The Bertz CT molecular complexity index is 966. The first-order chi connectivity index (χ1) is 15.5. The van der Waals surface area contributed by atoms with E-state index in [1.165, 1.54) is 0 Å². The van der Waals surface area contributed by atoms with Crippen LogP contribution in [-0.4, -0.2) is 52.5 Å². The summed E-state index contributed by atoms with van der Waals surface area (Å²) in [4.78, 5) is 28.9. The van der Waals surface area contributed by atoms with Crippen LogP contribution in [0.4, 0.5) is 4.79 Å². The number of fused-ring (bicyclic) bond motifs is 1. The van der Waals surface area contributed by atoms with Crippen molar-refractivity contribution in [1.29, 1.82) is 0 Å². The van der Waals surface area contributed by atoms with Gasteiger partial charge in [0.15, 0.2) is 0 Å². The van der Waals surface area contributed by atoms with E-state index in [0.29, 0.717) is 11.3 Å². The highest BCUT2D eigenvalue weighted by Crippen LogP contribution is 2.37. The van der Waals surface area contributed by atoms with Crippen LogP contribution in [0.15, 0.2) is 59.5 Å². The van der Waals surface area contributed by atoms with E-state index in [4.69, 9.17) is 9.47 Å². The van der Waals surface area contributed by atoms with Crippen LogP contribution in [-0.2, 0) is 4.74 Å². The van der Waals surface area contributed by atoms with Gasteiger partial charge in [0, 0.05) is 21.8 Å². The Morgan fingerprint density at radius 3 is 2.30 bits per heavy atom. The molecule has 178 valence electrons. The number of hydrogen-bond donors (Lipinski definition) is 1.